The van der Waals surface area contributed by atoms with Crippen LogP contribution in [0.4, 0.5) is 13.2 Å². The highest BCUT2D eigenvalue weighted by molar-refractivity contribution is 6.30. The number of carbonyl (C=O) groups is 1. The van der Waals surface area contributed by atoms with E-state index in [-0.39, 0.29) is 11.3 Å². The lowest BCUT2D eigenvalue weighted by atomic mass is 10.00. The van der Waals surface area contributed by atoms with Crippen molar-refractivity contribution in [2.45, 2.75) is 6.18 Å². The molecule has 0 spiro atoms. The molecule has 0 radical (unpaired) electrons. The van der Waals surface area contributed by atoms with Gasteiger partial charge in [0.25, 0.3) is 0 Å². The van der Waals surface area contributed by atoms with Gasteiger partial charge in [0, 0.05) is 5.56 Å². The maximum Gasteiger partial charge on any atom is 0.417 e. The fourth-order valence-electron chi connectivity index (χ4n) is 1.37. The van der Waals surface area contributed by atoms with Crippen molar-refractivity contribution < 1.29 is 22.7 Å². The molecule has 0 unspecified atom stereocenters. The monoisotopic (exact) mass is 277 g/mol. The third-order valence-electron chi connectivity index (χ3n) is 2.19. The van der Waals surface area contributed by atoms with E-state index in [1.54, 1.807) is 6.07 Å². The lowest BCUT2D eigenvalue weighted by Gasteiger charge is -2.14. The van der Waals surface area contributed by atoms with E-state index in [1.807, 2.05) is 0 Å². The van der Waals surface area contributed by atoms with Crippen LogP contribution in [-0.2, 0) is 6.18 Å². The van der Waals surface area contributed by atoms with Crippen molar-refractivity contribution >= 4 is 17.4 Å². The van der Waals surface area contributed by atoms with Crippen LogP contribution < -0.4 is 4.74 Å². The van der Waals surface area contributed by atoms with E-state index in [1.165, 1.54) is 0 Å². The summed E-state index contributed by atoms with van der Waals surface area (Å²) >= 11 is 5.25. The zero-order valence-electron chi connectivity index (χ0n) is 9.14. The second kappa shape index (κ2) is 5.27. The van der Waals surface area contributed by atoms with Crippen LogP contribution in [0, 0.1) is 11.3 Å². The summed E-state index contributed by atoms with van der Waals surface area (Å²) in [5, 5.41) is 8.77. The number of hydrogen-bond acceptors (Lipinski definition) is 3. The van der Waals surface area contributed by atoms with Crippen molar-refractivity contribution in [3.63, 3.8) is 0 Å². The van der Waals surface area contributed by atoms with Gasteiger partial charge in [0.1, 0.15) is 11.8 Å². The molecule has 0 aromatic heterocycles. The smallest absolute Gasteiger partial charge is 0.417 e. The van der Waals surface area contributed by atoms with Crippen molar-refractivity contribution in [1.29, 1.82) is 5.26 Å². The SMILES string of the molecule is COc1cc(C(F)(F)F)c(C(=O)CCl)cc1C#N. The average molecular weight is 278 g/mol. The van der Waals surface area contributed by atoms with Gasteiger partial charge in [-0.1, -0.05) is 0 Å². The highest BCUT2D eigenvalue weighted by atomic mass is 35.5. The molecule has 0 bridgehead atoms. The fraction of sp³-hybridized carbons (Fsp3) is 0.273. The van der Waals surface area contributed by atoms with Crippen LogP contribution in [0.15, 0.2) is 12.1 Å². The number of hydrogen-bond donors (Lipinski definition) is 0. The van der Waals surface area contributed by atoms with Gasteiger partial charge >= 0.3 is 6.18 Å². The summed E-state index contributed by atoms with van der Waals surface area (Å²) in [6.45, 7) is 0. The number of Topliss-reactive ketones (excluding diaryl/α,β-unsaturated/α-hetero) is 1. The first-order valence-electron chi connectivity index (χ1n) is 4.63. The first-order chi connectivity index (χ1) is 8.35. The molecule has 0 saturated carbocycles. The summed E-state index contributed by atoms with van der Waals surface area (Å²) < 4.78 is 43.0. The zero-order valence-corrected chi connectivity index (χ0v) is 9.89. The van der Waals surface area contributed by atoms with Gasteiger partial charge in [0.2, 0.25) is 0 Å². The van der Waals surface area contributed by atoms with Gasteiger partial charge in [-0.3, -0.25) is 4.79 Å². The Labute approximate surface area is 106 Å². The number of halogens is 4. The van der Waals surface area contributed by atoms with Crippen molar-refractivity contribution in [2.24, 2.45) is 0 Å². The van der Waals surface area contributed by atoms with Crippen LogP contribution >= 0.6 is 11.6 Å². The highest BCUT2D eigenvalue weighted by Crippen LogP contribution is 2.36. The summed E-state index contributed by atoms with van der Waals surface area (Å²) in [6.07, 6.45) is -4.72. The Morgan fingerprint density at radius 3 is 2.50 bits per heavy atom. The molecular weight excluding hydrogens is 271 g/mol. The van der Waals surface area contributed by atoms with Crippen LogP contribution in [0.5, 0.6) is 5.75 Å². The molecule has 0 amide bonds. The first kappa shape index (κ1) is 14.3. The maximum absolute atomic E-state index is 12.8. The van der Waals surface area contributed by atoms with Gasteiger partial charge < -0.3 is 4.74 Å². The number of rotatable bonds is 3. The average Bonchev–Trinajstić information content (AvgIpc) is 2.34. The summed E-state index contributed by atoms with van der Waals surface area (Å²) in [5.74, 6) is -1.74. The Balaban J connectivity index is 3.58. The maximum atomic E-state index is 12.8. The van der Waals surface area contributed by atoms with E-state index in [4.69, 9.17) is 16.9 Å². The minimum absolute atomic E-state index is 0.154. The topological polar surface area (TPSA) is 50.1 Å². The van der Waals surface area contributed by atoms with Crippen LogP contribution in [0.1, 0.15) is 21.5 Å². The summed E-state index contributed by atoms with van der Waals surface area (Å²) in [4.78, 5) is 11.4. The molecule has 0 atom stereocenters. The van der Waals surface area contributed by atoms with Gasteiger partial charge in [-0.25, -0.2) is 0 Å². The second-order valence-electron chi connectivity index (χ2n) is 3.26. The molecule has 0 aliphatic carbocycles. The van der Waals surface area contributed by atoms with Crippen LogP contribution in [0.3, 0.4) is 0 Å². The molecular formula is C11H7ClF3NO2. The third-order valence-corrected chi connectivity index (χ3v) is 2.43. The van der Waals surface area contributed by atoms with Gasteiger partial charge in [-0.2, -0.15) is 18.4 Å². The minimum Gasteiger partial charge on any atom is -0.495 e. The van der Waals surface area contributed by atoms with Crippen molar-refractivity contribution in [1.82, 2.24) is 0 Å². The van der Waals surface area contributed by atoms with E-state index in [0.29, 0.717) is 6.07 Å². The summed E-state index contributed by atoms with van der Waals surface area (Å²) in [7, 11) is 1.14. The fourth-order valence-corrected chi connectivity index (χ4v) is 1.52. The van der Waals surface area contributed by atoms with Gasteiger partial charge in [-0.05, 0) is 12.1 Å². The van der Waals surface area contributed by atoms with E-state index in [9.17, 15) is 18.0 Å². The molecule has 0 N–H and O–H groups in total. The quantitative estimate of drug-likeness (QED) is 0.630. The molecule has 3 nitrogen and oxygen atoms in total. The number of carbonyl (C=O) groups excluding carboxylic acids is 1. The van der Waals surface area contributed by atoms with E-state index < -0.39 is 29.0 Å². The predicted octanol–water partition coefficient (Wildman–Crippen LogP) is 3.01. The number of methoxy groups -OCH3 is 1. The molecule has 0 aliphatic rings. The highest BCUT2D eigenvalue weighted by Gasteiger charge is 2.36. The Kier molecular flexibility index (Phi) is 4.19. The van der Waals surface area contributed by atoms with Crippen molar-refractivity contribution in [3.05, 3.63) is 28.8 Å². The van der Waals surface area contributed by atoms with Crippen LogP contribution in [0.25, 0.3) is 0 Å². The molecule has 1 rings (SSSR count). The second-order valence-corrected chi connectivity index (χ2v) is 3.53. The molecule has 18 heavy (non-hydrogen) atoms. The largest absolute Gasteiger partial charge is 0.495 e. The minimum atomic E-state index is -4.72. The summed E-state index contributed by atoms with van der Waals surface area (Å²) in [6, 6.07) is 3.12. The summed E-state index contributed by atoms with van der Waals surface area (Å²) in [5.41, 5.74) is -1.95. The first-order valence-corrected chi connectivity index (χ1v) is 5.17. The molecule has 0 saturated heterocycles. The number of benzene rings is 1. The molecule has 7 heteroatoms. The van der Waals surface area contributed by atoms with Gasteiger partial charge in [0.15, 0.2) is 5.78 Å². The van der Waals surface area contributed by atoms with Crippen molar-refractivity contribution in [3.8, 4) is 11.8 Å². The number of nitrogens with zero attached hydrogens (tertiary/aromatic N) is 1. The van der Waals surface area contributed by atoms with E-state index >= 15 is 0 Å². The Morgan fingerprint density at radius 1 is 1.50 bits per heavy atom. The number of ether oxygens (including phenoxy) is 1. The molecule has 1 aromatic rings. The lowest BCUT2D eigenvalue weighted by molar-refractivity contribution is -0.138. The third kappa shape index (κ3) is 2.74. The molecule has 0 aliphatic heterocycles. The zero-order chi connectivity index (χ0) is 13.9. The Bertz CT molecular complexity index is 520. The number of alkyl halides is 4. The Hall–Kier alpha value is -1.74. The Morgan fingerprint density at radius 2 is 2.11 bits per heavy atom. The predicted molar refractivity (Wildman–Crippen MR) is 57.8 cm³/mol. The standard InChI is InChI=1S/C11H7ClF3NO2/c1-18-10-3-8(11(13,14)15)7(9(17)4-12)2-6(10)5-16/h2-3H,4H2,1H3. The lowest BCUT2D eigenvalue weighted by Crippen LogP contribution is -2.15. The molecule has 0 heterocycles. The van der Waals surface area contributed by atoms with Crippen LogP contribution in [0.2, 0.25) is 0 Å². The molecule has 96 valence electrons. The van der Waals surface area contributed by atoms with Crippen molar-refractivity contribution in [2.75, 3.05) is 13.0 Å². The number of ketones is 1. The van der Waals surface area contributed by atoms with E-state index in [0.717, 1.165) is 13.2 Å². The molecule has 0 fully saturated rings. The number of nitriles is 1. The van der Waals surface area contributed by atoms with Crippen LogP contribution in [-0.4, -0.2) is 18.8 Å². The van der Waals surface area contributed by atoms with Gasteiger partial charge in [-0.15, -0.1) is 11.6 Å². The van der Waals surface area contributed by atoms with Gasteiger partial charge in [0.05, 0.1) is 24.1 Å². The van der Waals surface area contributed by atoms with E-state index in [2.05, 4.69) is 4.74 Å². The normalized spacial score (nSPS) is 10.9. The molecule has 1 aromatic carbocycles.